The molecule has 122 valence electrons. The van der Waals surface area contributed by atoms with E-state index in [4.69, 9.17) is 11.6 Å². The lowest BCUT2D eigenvalue weighted by atomic mass is 10.1. The van der Waals surface area contributed by atoms with Gasteiger partial charge in [0.05, 0.1) is 28.6 Å². The summed E-state index contributed by atoms with van der Waals surface area (Å²) in [6.07, 6.45) is 2.58. The quantitative estimate of drug-likeness (QED) is 0.738. The van der Waals surface area contributed by atoms with Gasteiger partial charge in [-0.2, -0.15) is 5.10 Å². The normalized spacial score (nSPS) is 13.8. The molecule has 1 aromatic carbocycles. The molecule has 1 aliphatic rings. The van der Waals surface area contributed by atoms with Crippen LogP contribution in [0.1, 0.15) is 17.0 Å². The Morgan fingerprint density at radius 2 is 2.17 bits per heavy atom. The van der Waals surface area contributed by atoms with Crippen molar-refractivity contribution in [3.63, 3.8) is 0 Å². The monoisotopic (exact) mass is 341 g/mol. The fraction of sp³-hybridized carbons (Fsp3) is 0.235. The minimum atomic E-state index is -0.162. The summed E-state index contributed by atoms with van der Waals surface area (Å²) in [7, 11) is 0. The fourth-order valence-electron chi connectivity index (χ4n) is 2.99. The number of aryl methyl sites for hydroxylation is 1. The second kappa shape index (κ2) is 5.79. The first kappa shape index (κ1) is 15.0. The molecule has 6 nitrogen and oxygen atoms in total. The number of aromatic nitrogens is 3. The van der Waals surface area contributed by atoms with E-state index in [0.29, 0.717) is 23.8 Å². The fourth-order valence-corrected chi connectivity index (χ4v) is 3.17. The third-order valence-electron chi connectivity index (χ3n) is 4.17. The number of halogens is 1. The van der Waals surface area contributed by atoms with Gasteiger partial charge in [-0.3, -0.25) is 0 Å². The van der Waals surface area contributed by atoms with Gasteiger partial charge in [-0.05, 0) is 19.1 Å². The Morgan fingerprint density at radius 3 is 3.00 bits per heavy atom. The molecule has 3 heterocycles. The Kier molecular flexibility index (Phi) is 3.61. The number of urea groups is 1. The second-order valence-corrected chi connectivity index (χ2v) is 6.27. The highest BCUT2D eigenvalue weighted by molar-refractivity contribution is 6.33. The first-order valence-electron chi connectivity index (χ1n) is 7.75. The van der Waals surface area contributed by atoms with Crippen LogP contribution in [0.15, 0.2) is 36.5 Å². The van der Waals surface area contributed by atoms with E-state index in [1.165, 1.54) is 0 Å². The zero-order valence-electron chi connectivity index (χ0n) is 13.2. The van der Waals surface area contributed by atoms with Crippen molar-refractivity contribution in [2.24, 2.45) is 0 Å². The molecule has 4 rings (SSSR count). The Labute approximate surface area is 144 Å². The molecule has 0 spiro atoms. The molecule has 2 amide bonds. The molecule has 0 unspecified atom stereocenters. The Balaban J connectivity index is 1.57. The molecule has 3 aromatic rings. The molecule has 1 aliphatic heterocycles. The number of anilines is 1. The predicted octanol–water partition coefficient (Wildman–Crippen LogP) is 3.28. The zero-order valence-corrected chi connectivity index (χ0v) is 13.9. The average molecular weight is 342 g/mol. The number of rotatable bonds is 1. The van der Waals surface area contributed by atoms with Gasteiger partial charge >= 0.3 is 6.03 Å². The maximum Gasteiger partial charge on any atom is 0.322 e. The van der Waals surface area contributed by atoms with Gasteiger partial charge in [-0.15, -0.1) is 0 Å². The van der Waals surface area contributed by atoms with Crippen molar-refractivity contribution in [3.05, 3.63) is 58.5 Å². The number of nitrogens with zero attached hydrogens (tertiary/aromatic N) is 4. The lowest BCUT2D eigenvalue weighted by Gasteiger charge is -2.29. The van der Waals surface area contributed by atoms with Crippen LogP contribution in [0.25, 0.3) is 5.65 Å². The van der Waals surface area contributed by atoms with E-state index in [-0.39, 0.29) is 6.03 Å². The van der Waals surface area contributed by atoms with E-state index >= 15 is 0 Å². The number of hydrogen-bond acceptors (Lipinski definition) is 3. The van der Waals surface area contributed by atoms with Crippen LogP contribution in [0.2, 0.25) is 5.02 Å². The minimum absolute atomic E-state index is 0.162. The van der Waals surface area contributed by atoms with Crippen LogP contribution in [0.3, 0.4) is 0 Å². The van der Waals surface area contributed by atoms with Crippen molar-refractivity contribution in [1.29, 1.82) is 0 Å². The summed E-state index contributed by atoms with van der Waals surface area (Å²) in [5, 5.41) is 7.88. The van der Waals surface area contributed by atoms with Gasteiger partial charge in [0.1, 0.15) is 0 Å². The maximum absolute atomic E-state index is 12.5. The number of nitrogens with one attached hydrogen (secondary N) is 1. The van der Waals surface area contributed by atoms with E-state index in [1.807, 2.05) is 35.8 Å². The van der Waals surface area contributed by atoms with Gasteiger partial charge in [0.2, 0.25) is 0 Å². The third-order valence-corrected chi connectivity index (χ3v) is 4.50. The van der Waals surface area contributed by atoms with E-state index in [1.54, 1.807) is 17.0 Å². The van der Waals surface area contributed by atoms with Crippen molar-refractivity contribution < 1.29 is 4.79 Å². The van der Waals surface area contributed by atoms with Crippen LogP contribution in [-0.4, -0.2) is 32.1 Å². The van der Waals surface area contributed by atoms with E-state index in [0.717, 1.165) is 29.0 Å². The smallest absolute Gasteiger partial charge is 0.320 e. The van der Waals surface area contributed by atoms with Crippen molar-refractivity contribution in [2.75, 3.05) is 11.9 Å². The Morgan fingerprint density at radius 1 is 1.33 bits per heavy atom. The van der Waals surface area contributed by atoms with Gasteiger partial charge in [0.15, 0.2) is 5.65 Å². The Hall–Kier alpha value is -2.60. The molecule has 7 heteroatoms. The van der Waals surface area contributed by atoms with Crippen LogP contribution < -0.4 is 5.32 Å². The van der Waals surface area contributed by atoms with Gasteiger partial charge in [-0.1, -0.05) is 23.7 Å². The highest BCUT2D eigenvalue weighted by Gasteiger charge is 2.23. The summed E-state index contributed by atoms with van der Waals surface area (Å²) in [4.78, 5) is 18.7. The molecule has 0 atom stereocenters. The van der Waals surface area contributed by atoms with Crippen molar-refractivity contribution >= 4 is 29.0 Å². The molecule has 0 bridgehead atoms. The van der Waals surface area contributed by atoms with Crippen molar-refractivity contribution in [1.82, 2.24) is 19.5 Å². The summed E-state index contributed by atoms with van der Waals surface area (Å²) in [5.41, 5.74) is 4.54. The molecule has 0 saturated heterocycles. The number of hydrogen-bond donors (Lipinski definition) is 1. The lowest BCUT2D eigenvalue weighted by Crippen LogP contribution is -2.39. The van der Waals surface area contributed by atoms with Gasteiger partial charge in [0.25, 0.3) is 0 Å². The van der Waals surface area contributed by atoms with E-state index in [2.05, 4.69) is 15.4 Å². The van der Waals surface area contributed by atoms with Crippen LogP contribution in [0, 0.1) is 6.92 Å². The average Bonchev–Trinajstić information content (AvgIpc) is 2.97. The first-order valence-corrected chi connectivity index (χ1v) is 8.13. The Bertz CT molecular complexity index is 936. The standard InChI is InChI=1S/C17H16ClN5O/c1-11-8-16-19-9-12-10-22(7-6-15(12)23(16)21-11)17(24)20-14-5-3-2-4-13(14)18/h2-5,8-9H,6-7,10H2,1H3,(H,20,24). The molecule has 0 radical (unpaired) electrons. The molecule has 1 N–H and O–H groups in total. The largest absolute Gasteiger partial charge is 0.322 e. The number of carbonyl (C=O) groups is 1. The summed E-state index contributed by atoms with van der Waals surface area (Å²) in [6.45, 7) is 3.09. The van der Waals surface area contributed by atoms with Gasteiger partial charge in [0, 0.05) is 30.8 Å². The molecule has 2 aromatic heterocycles. The number of fused-ring (bicyclic) bond motifs is 3. The number of benzene rings is 1. The number of para-hydroxylation sites is 1. The molecular weight excluding hydrogens is 326 g/mol. The van der Waals surface area contributed by atoms with Crippen LogP contribution >= 0.6 is 11.6 Å². The van der Waals surface area contributed by atoms with Crippen LogP contribution in [0.4, 0.5) is 10.5 Å². The van der Waals surface area contributed by atoms with Crippen LogP contribution in [0.5, 0.6) is 0 Å². The van der Waals surface area contributed by atoms with Crippen molar-refractivity contribution in [2.45, 2.75) is 19.9 Å². The summed E-state index contributed by atoms with van der Waals surface area (Å²) in [6, 6.07) is 9.01. The first-order chi connectivity index (χ1) is 11.6. The lowest BCUT2D eigenvalue weighted by molar-refractivity contribution is 0.205. The zero-order chi connectivity index (χ0) is 16.7. The molecule has 0 aliphatic carbocycles. The topological polar surface area (TPSA) is 62.5 Å². The predicted molar refractivity (Wildman–Crippen MR) is 92.3 cm³/mol. The summed E-state index contributed by atoms with van der Waals surface area (Å²) in [5.74, 6) is 0. The summed E-state index contributed by atoms with van der Waals surface area (Å²) < 4.78 is 1.88. The molecular formula is C17H16ClN5O. The summed E-state index contributed by atoms with van der Waals surface area (Å²) >= 11 is 6.10. The second-order valence-electron chi connectivity index (χ2n) is 5.87. The minimum Gasteiger partial charge on any atom is -0.320 e. The van der Waals surface area contributed by atoms with E-state index in [9.17, 15) is 4.79 Å². The van der Waals surface area contributed by atoms with Gasteiger partial charge in [-0.25, -0.2) is 14.3 Å². The van der Waals surface area contributed by atoms with Crippen LogP contribution in [-0.2, 0) is 13.0 Å². The number of amides is 2. The maximum atomic E-state index is 12.5. The molecule has 24 heavy (non-hydrogen) atoms. The highest BCUT2D eigenvalue weighted by Crippen LogP contribution is 2.23. The van der Waals surface area contributed by atoms with Crippen molar-refractivity contribution in [3.8, 4) is 0 Å². The third kappa shape index (κ3) is 2.59. The molecule has 0 saturated carbocycles. The molecule has 0 fully saturated rings. The SMILES string of the molecule is Cc1cc2ncc3c(n2n1)CCN(C(=O)Nc1ccccc1Cl)C3. The van der Waals surface area contributed by atoms with E-state index < -0.39 is 0 Å². The van der Waals surface area contributed by atoms with Gasteiger partial charge < -0.3 is 10.2 Å². The highest BCUT2D eigenvalue weighted by atomic mass is 35.5. The number of carbonyl (C=O) groups excluding carboxylic acids is 1.